The third-order valence-corrected chi connectivity index (χ3v) is 4.78. The summed E-state index contributed by atoms with van der Waals surface area (Å²) in [7, 11) is 0. The number of carbonyl (C=O) groups is 1. The molecule has 0 saturated carbocycles. The molecule has 3 N–H and O–H groups in total. The van der Waals surface area contributed by atoms with Crippen molar-refractivity contribution in [2.75, 3.05) is 5.73 Å². The van der Waals surface area contributed by atoms with Crippen LogP contribution in [0.3, 0.4) is 0 Å². The number of nitrogen functional groups attached to an aromatic ring is 1. The van der Waals surface area contributed by atoms with Crippen LogP contribution < -0.4 is 16.6 Å². The zero-order valence-electron chi connectivity index (χ0n) is 15.9. The van der Waals surface area contributed by atoms with Gasteiger partial charge in [-0.15, -0.1) is 0 Å². The molecule has 0 fully saturated rings. The van der Waals surface area contributed by atoms with Crippen LogP contribution in [0.4, 0.5) is 23.2 Å². The molecule has 1 atom stereocenters. The molecule has 162 valence electrons. The summed E-state index contributed by atoms with van der Waals surface area (Å²) in [6.45, 7) is 1.41. The fourth-order valence-electron chi connectivity index (χ4n) is 2.87. The largest absolute Gasteiger partial charge is 0.417 e. The molecular weight excluding hydrogens is 440 g/mol. The number of para-hydroxylation sites is 1. The number of hydrogen-bond donors (Lipinski definition) is 2. The van der Waals surface area contributed by atoms with Crippen molar-refractivity contribution in [2.45, 2.75) is 19.1 Å². The highest BCUT2D eigenvalue weighted by atomic mass is 35.5. The smallest absolute Gasteiger partial charge is 0.399 e. The summed E-state index contributed by atoms with van der Waals surface area (Å²) in [5.41, 5.74) is 3.10. The molecule has 0 aliphatic heterocycles. The molecule has 0 aliphatic carbocycles. The number of aromatic nitrogens is 2. The van der Waals surface area contributed by atoms with Gasteiger partial charge in [-0.25, -0.2) is 4.39 Å². The first kappa shape index (κ1) is 22.3. The lowest BCUT2D eigenvalue weighted by atomic mass is 10.0. The predicted molar refractivity (Wildman–Crippen MR) is 107 cm³/mol. The molecule has 31 heavy (non-hydrogen) atoms. The molecule has 0 aliphatic rings. The molecule has 6 nitrogen and oxygen atoms in total. The zero-order chi connectivity index (χ0) is 22.9. The van der Waals surface area contributed by atoms with Gasteiger partial charge in [0, 0.05) is 11.8 Å². The summed E-state index contributed by atoms with van der Waals surface area (Å²) in [4.78, 5) is 24.7. The maximum Gasteiger partial charge on any atom is 0.417 e. The highest BCUT2D eigenvalue weighted by molar-refractivity contribution is 6.32. The maximum atomic E-state index is 14.0. The van der Waals surface area contributed by atoms with E-state index in [-0.39, 0.29) is 22.6 Å². The lowest BCUT2D eigenvalue weighted by Crippen LogP contribution is -2.31. The summed E-state index contributed by atoms with van der Waals surface area (Å²) < 4.78 is 54.3. The maximum absolute atomic E-state index is 14.0. The highest BCUT2D eigenvalue weighted by Gasteiger charge is 2.35. The summed E-state index contributed by atoms with van der Waals surface area (Å²) in [5.74, 6) is -1.54. The van der Waals surface area contributed by atoms with E-state index in [1.54, 1.807) is 0 Å². The number of hydrogen-bond acceptors (Lipinski definition) is 4. The number of carbonyl (C=O) groups excluding carboxylic acids is 1. The van der Waals surface area contributed by atoms with Crippen molar-refractivity contribution in [3.8, 4) is 5.69 Å². The van der Waals surface area contributed by atoms with Crippen LogP contribution in [-0.2, 0) is 6.18 Å². The topological polar surface area (TPSA) is 90.0 Å². The van der Waals surface area contributed by atoms with E-state index < -0.39 is 40.1 Å². The first-order chi connectivity index (χ1) is 14.5. The van der Waals surface area contributed by atoms with E-state index in [0.29, 0.717) is 10.7 Å². The zero-order valence-corrected chi connectivity index (χ0v) is 16.6. The monoisotopic (exact) mass is 454 g/mol. The number of amides is 1. The normalized spacial score (nSPS) is 12.5. The second-order valence-corrected chi connectivity index (χ2v) is 6.96. The quantitative estimate of drug-likeness (QED) is 0.458. The minimum atomic E-state index is -4.73. The van der Waals surface area contributed by atoms with Crippen molar-refractivity contribution in [1.82, 2.24) is 15.1 Å². The van der Waals surface area contributed by atoms with E-state index in [4.69, 9.17) is 17.3 Å². The van der Waals surface area contributed by atoms with E-state index in [2.05, 4.69) is 10.4 Å². The molecule has 0 radical (unpaired) electrons. The van der Waals surface area contributed by atoms with Crippen molar-refractivity contribution < 1.29 is 22.4 Å². The number of alkyl halides is 3. The Kier molecular flexibility index (Phi) is 6.03. The van der Waals surface area contributed by atoms with E-state index in [1.165, 1.54) is 31.2 Å². The molecular formula is C20H15ClF4N4O2. The van der Waals surface area contributed by atoms with Crippen molar-refractivity contribution in [3.05, 3.63) is 86.5 Å². The summed E-state index contributed by atoms with van der Waals surface area (Å²) in [5, 5.41) is 5.72. The average molecular weight is 455 g/mol. The number of nitrogens with zero attached hydrogens (tertiary/aromatic N) is 2. The van der Waals surface area contributed by atoms with Gasteiger partial charge in [0.05, 0.1) is 16.6 Å². The first-order valence-corrected chi connectivity index (χ1v) is 9.19. The number of nitrogens with one attached hydrogen (secondary N) is 1. The molecule has 3 aromatic rings. The van der Waals surface area contributed by atoms with Gasteiger partial charge in [-0.05, 0) is 42.8 Å². The number of nitrogens with two attached hydrogens (primary N) is 1. The fourth-order valence-corrected chi connectivity index (χ4v) is 3.25. The van der Waals surface area contributed by atoms with Gasteiger partial charge in [-0.2, -0.15) is 23.0 Å². The van der Waals surface area contributed by atoms with Crippen LogP contribution in [0.15, 0.2) is 53.3 Å². The lowest BCUT2D eigenvalue weighted by Gasteiger charge is -2.19. The Morgan fingerprint density at radius 2 is 1.87 bits per heavy atom. The summed E-state index contributed by atoms with van der Waals surface area (Å²) in [6, 6.07) is 8.41. The van der Waals surface area contributed by atoms with Crippen LogP contribution in [0.1, 0.15) is 34.6 Å². The Labute approximate surface area is 178 Å². The van der Waals surface area contributed by atoms with E-state index in [9.17, 15) is 27.2 Å². The van der Waals surface area contributed by atoms with Crippen molar-refractivity contribution in [1.29, 1.82) is 0 Å². The molecule has 1 amide bonds. The van der Waals surface area contributed by atoms with Crippen molar-refractivity contribution >= 4 is 23.2 Å². The molecule has 0 bridgehead atoms. The van der Waals surface area contributed by atoms with Gasteiger partial charge in [-0.1, -0.05) is 23.7 Å². The van der Waals surface area contributed by atoms with Crippen LogP contribution in [0.25, 0.3) is 5.69 Å². The number of rotatable bonds is 4. The van der Waals surface area contributed by atoms with Crippen molar-refractivity contribution in [2.24, 2.45) is 0 Å². The van der Waals surface area contributed by atoms with Gasteiger partial charge in [0.15, 0.2) is 0 Å². The first-order valence-electron chi connectivity index (χ1n) is 8.81. The summed E-state index contributed by atoms with van der Waals surface area (Å²) >= 11 is 5.90. The average Bonchev–Trinajstić information content (AvgIpc) is 2.69. The molecule has 0 unspecified atom stereocenters. The van der Waals surface area contributed by atoms with Gasteiger partial charge in [-0.3, -0.25) is 9.59 Å². The Balaban J connectivity index is 1.93. The Hall–Kier alpha value is -3.40. The van der Waals surface area contributed by atoms with E-state index in [1.807, 2.05) is 0 Å². The standard InChI is InChI=1S/C20H15ClF4N4O2/c1-10(12-8-11(26)9-13(18(12)21)20(23,24)25)27-19(31)15-6-7-17(30)29(28-15)16-5-3-2-4-14(16)22/h2-10H,26H2,1H3,(H,27,31)/t10-/m0/s1. The Bertz CT molecular complexity index is 1210. The Morgan fingerprint density at radius 3 is 2.52 bits per heavy atom. The molecule has 1 heterocycles. The minimum absolute atomic E-state index is 0.0511. The molecule has 1 aromatic heterocycles. The number of benzene rings is 2. The van der Waals surface area contributed by atoms with Crippen LogP contribution in [0, 0.1) is 5.82 Å². The minimum Gasteiger partial charge on any atom is -0.399 e. The van der Waals surface area contributed by atoms with Gasteiger partial charge in [0.2, 0.25) is 0 Å². The van der Waals surface area contributed by atoms with Crippen LogP contribution >= 0.6 is 11.6 Å². The highest BCUT2D eigenvalue weighted by Crippen LogP contribution is 2.39. The third kappa shape index (κ3) is 4.69. The Morgan fingerprint density at radius 1 is 1.19 bits per heavy atom. The molecule has 0 saturated heterocycles. The van der Waals surface area contributed by atoms with Gasteiger partial charge < -0.3 is 11.1 Å². The fraction of sp³-hybridized carbons (Fsp3) is 0.150. The summed E-state index contributed by atoms with van der Waals surface area (Å²) in [6.07, 6.45) is -4.73. The second kappa shape index (κ2) is 8.38. The molecule has 0 spiro atoms. The van der Waals surface area contributed by atoms with Gasteiger partial charge >= 0.3 is 6.18 Å². The molecule has 3 rings (SSSR count). The van der Waals surface area contributed by atoms with Crippen LogP contribution in [-0.4, -0.2) is 15.7 Å². The van der Waals surface area contributed by atoms with Crippen LogP contribution in [0.5, 0.6) is 0 Å². The third-order valence-electron chi connectivity index (χ3n) is 4.36. The predicted octanol–water partition coefficient (Wildman–Crippen LogP) is 4.12. The van der Waals surface area contributed by atoms with Gasteiger partial charge in [0.1, 0.15) is 17.2 Å². The molecule has 2 aromatic carbocycles. The lowest BCUT2D eigenvalue weighted by molar-refractivity contribution is -0.137. The second-order valence-electron chi connectivity index (χ2n) is 6.58. The van der Waals surface area contributed by atoms with E-state index in [0.717, 1.165) is 18.2 Å². The van der Waals surface area contributed by atoms with Crippen LogP contribution in [0.2, 0.25) is 5.02 Å². The SMILES string of the molecule is C[C@H](NC(=O)c1ccc(=O)n(-c2ccccc2F)n1)c1cc(N)cc(C(F)(F)F)c1Cl. The number of halogens is 5. The van der Waals surface area contributed by atoms with E-state index >= 15 is 0 Å². The molecule has 11 heteroatoms. The van der Waals surface area contributed by atoms with Crippen molar-refractivity contribution in [3.63, 3.8) is 0 Å². The van der Waals surface area contributed by atoms with Gasteiger partial charge in [0.25, 0.3) is 11.5 Å². The number of anilines is 1.